The molecule has 9 aromatic rings. The van der Waals surface area contributed by atoms with Gasteiger partial charge >= 0.3 is 0 Å². The summed E-state index contributed by atoms with van der Waals surface area (Å²) in [6.07, 6.45) is 1.97. The number of nitrogens with zero attached hydrogens (tertiary/aromatic N) is 3. The molecule has 0 saturated carbocycles. The van der Waals surface area contributed by atoms with Crippen molar-refractivity contribution in [3.63, 3.8) is 0 Å². The molecule has 0 unspecified atom stereocenters. The highest BCUT2D eigenvalue weighted by Gasteiger charge is 2.23. The van der Waals surface area contributed by atoms with Crippen molar-refractivity contribution >= 4 is 64.0 Å². The van der Waals surface area contributed by atoms with Gasteiger partial charge in [-0.15, -0.1) is 11.3 Å². The van der Waals surface area contributed by atoms with Gasteiger partial charge in [-0.3, -0.25) is 0 Å². The van der Waals surface area contributed by atoms with Gasteiger partial charge in [-0.05, 0) is 17.5 Å². The number of para-hydroxylation sites is 1. The third-order valence-electron chi connectivity index (χ3n) is 8.30. The van der Waals surface area contributed by atoms with E-state index in [1.54, 1.807) is 0 Å². The average Bonchev–Trinajstić information content (AvgIpc) is 3.48. The predicted molar refractivity (Wildman–Crippen MR) is 182 cm³/mol. The van der Waals surface area contributed by atoms with E-state index in [2.05, 4.69) is 109 Å². The van der Waals surface area contributed by atoms with Crippen molar-refractivity contribution in [2.45, 2.75) is 0 Å². The van der Waals surface area contributed by atoms with Crippen molar-refractivity contribution in [2.75, 3.05) is 0 Å². The summed E-state index contributed by atoms with van der Waals surface area (Å²) >= 11 is 1.87. The fraction of sp³-hybridized carbons (Fsp3) is 0. The molecule has 3 nitrogen and oxygen atoms in total. The zero-order chi connectivity index (χ0) is 28.3. The molecule has 200 valence electrons. The Balaban J connectivity index is 1.50. The van der Waals surface area contributed by atoms with Gasteiger partial charge in [-0.25, -0.2) is 15.0 Å². The van der Waals surface area contributed by atoms with Crippen molar-refractivity contribution in [1.82, 2.24) is 15.0 Å². The van der Waals surface area contributed by atoms with Crippen molar-refractivity contribution in [3.8, 4) is 33.9 Å². The van der Waals surface area contributed by atoms with Crippen LogP contribution in [0, 0.1) is 0 Å². The molecular weight excluding hydrogens is 543 g/mol. The zero-order valence-corrected chi connectivity index (χ0v) is 23.8. The normalized spacial score (nSPS) is 11.7. The van der Waals surface area contributed by atoms with Crippen LogP contribution in [-0.2, 0) is 0 Å². The summed E-state index contributed by atoms with van der Waals surface area (Å²) in [5.41, 5.74) is 5.68. The van der Waals surface area contributed by atoms with Crippen LogP contribution >= 0.6 is 11.3 Å². The molecular formula is C39H23N3S. The van der Waals surface area contributed by atoms with E-state index in [1.807, 2.05) is 41.8 Å². The van der Waals surface area contributed by atoms with E-state index in [0.29, 0.717) is 5.82 Å². The molecule has 0 aliphatic heterocycles. The maximum absolute atomic E-state index is 5.41. The first-order chi connectivity index (χ1) is 21.3. The number of fused-ring (bicyclic) bond motifs is 10. The molecule has 6 aromatic carbocycles. The van der Waals surface area contributed by atoms with Crippen molar-refractivity contribution in [2.24, 2.45) is 0 Å². The maximum Gasteiger partial charge on any atom is 0.159 e. The molecule has 0 radical (unpaired) electrons. The van der Waals surface area contributed by atoms with Crippen LogP contribution < -0.4 is 0 Å². The Morgan fingerprint density at radius 2 is 1.07 bits per heavy atom. The molecule has 0 spiro atoms. The SMILES string of the molecule is c1ccc(-c2ncc(-c3nc4ccccc4c4c3c3ccccc3c3sc5ccccc5c34)c(-c3ccccc3)n2)cc1. The minimum absolute atomic E-state index is 0.698. The minimum Gasteiger partial charge on any atom is -0.247 e. The lowest BCUT2D eigenvalue weighted by atomic mass is 9.91. The molecule has 3 aromatic heterocycles. The standard InChI is InChI=1S/C39H23N3S/c1-3-13-24(14-4-1)36-30(23-40-39(42-36)25-15-5-2-6-16-25)37-34-26-17-7-8-18-27(26)38-35(29-20-10-12-22-32(29)43-38)33(34)28-19-9-11-21-31(28)41-37/h1-23H. The van der Waals surface area contributed by atoms with E-state index >= 15 is 0 Å². The Morgan fingerprint density at radius 3 is 1.86 bits per heavy atom. The summed E-state index contributed by atoms with van der Waals surface area (Å²) in [4.78, 5) is 15.5. The highest BCUT2D eigenvalue weighted by atomic mass is 32.1. The minimum atomic E-state index is 0.698. The van der Waals surface area contributed by atoms with Crippen LogP contribution in [0.1, 0.15) is 0 Å². The van der Waals surface area contributed by atoms with E-state index in [9.17, 15) is 0 Å². The second kappa shape index (κ2) is 9.55. The molecule has 0 saturated heterocycles. The van der Waals surface area contributed by atoms with E-state index < -0.39 is 0 Å². The molecule has 0 atom stereocenters. The second-order valence-corrected chi connectivity index (χ2v) is 11.8. The van der Waals surface area contributed by atoms with Crippen LogP contribution in [0.4, 0.5) is 0 Å². The number of aromatic nitrogens is 3. The van der Waals surface area contributed by atoms with E-state index in [1.165, 1.54) is 36.3 Å². The second-order valence-electron chi connectivity index (χ2n) is 10.8. The lowest BCUT2D eigenvalue weighted by Crippen LogP contribution is -1.99. The number of hydrogen-bond donors (Lipinski definition) is 0. The first-order valence-electron chi connectivity index (χ1n) is 14.4. The highest BCUT2D eigenvalue weighted by Crippen LogP contribution is 2.48. The van der Waals surface area contributed by atoms with Gasteiger partial charge in [0.25, 0.3) is 0 Å². The van der Waals surface area contributed by atoms with Gasteiger partial charge in [0.15, 0.2) is 5.82 Å². The summed E-state index contributed by atoms with van der Waals surface area (Å²) in [6, 6.07) is 46.6. The van der Waals surface area contributed by atoms with Gasteiger partial charge in [0, 0.05) is 64.6 Å². The summed E-state index contributed by atoms with van der Waals surface area (Å²) in [7, 11) is 0. The summed E-state index contributed by atoms with van der Waals surface area (Å²) in [6.45, 7) is 0. The first-order valence-corrected chi connectivity index (χ1v) is 15.2. The van der Waals surface area contributed by atoms with E-state index in [0.717, 1.165) is 44.4 Å². The molecule has 0 amide bonds. The van der Waals surface area contributed by atoms with Crippen molar-refractivity contribution < 1.29 is 0 Å². The fourth-order valence-corrected chi connectivity index (χ4v) is 7.66. The Bertz CT molecular complexity index is 2500. The van der Waals surface area contributed by atoms with Crippen molar-refractivity contribution in [1.29, 1.82) is 0 Å². The third kappa shape index (κ3) is 3.70. The Kier molecular flexibility index (Phi) is 5.37. The van der Waals surface area contributed by atoms with Gasteiger partial charge in [0.2, 0.25) is 0 Å². The quantitative estimate of drug-likeness (QED) is 0.200. The molecule has 0 bridgehead atoms. The third-order valence-corrected chi connectivity index (χ3v) is 9.51. The van der Waals surface area contributed by atoms with Crippen LogP contribution in [0.15, 0.2) is 140 Å². The summed E-state index contributed by atoms with van der Waals surface area (Å²) in [5, 5.41) is 8.53. The largest absolute Gasteiger partial charge is 0.247 e. The molecule has 0 fully saturated rings. The fourth-order valence-electron chi connectivity index (χ4n) is 6.41. The Labute approximate surface area is 251 Å². The number of hydrogen-bond acceptors (Lipinski definition) is 4. The molecule has 0 aliphatic rings. The number of pyridine rings is 1. The topological polar surface area (TPSA) is 38.7 Å². The van der Waals surface area contributed by atoms with Crippen molar-refractivity contribution in [3.05, 3.63) is 140 Å². The molecule has 43 heavy (non-hydrogen) atoms. The molecule has 3 heterocycles. The van der Waals surface area contributed by atoms with E-state index in [-0.39, 0.29) is 0 Å². The maximum atomic E-state index is 5.41. The lowest BCUT2D eigenvalue weighted by molar-refractivity contribution is 1.18. The van der Waals surface area contributed by atoms with Crippen LogP contribution in [0.25, 0.3) is 86.5 Å². The summed E-state index contributed by atoms with van der Waals surface area (Å²) in [5.74, 6) is 0.698. The van der Waals surface area contributed by atoms with Crippen LogP contribution in [0.2, 0.25) is 0 Å². The molecule has 9 rings (SSSR count). The van der Waals surface area contributed by atoms with Gasteiger partial charge in [0.05, 0.1) is 16.9 Å². The molecule has 0 N–H and O–H groups in total. The smallest absolute Gasteiger partial charge is 0.159 e. The Morgan fingerprint density at radius 1 is 0.442 bits per heavy atom. The first kappa shape index (κ1) is 24.2. The van der Waals surface area contributed by atoms with Crippen LogP contribution in [0.3, 0.4) is 0 Å². The average molecular weight is 566 g/mol. The van der Waals surface area contributed by atoms with Gasteiger partial charge in [-0.1, -0.05) is 121 Å². The monoisotopic (exact) mass is 565 g/mol. The highest BCUT2D eigenvalue weighted by molar-refractivity contribution is 7.27. The number of thiophene rings is 1. The van der Waals surface area contributed by atoms with Gasteiger partial charge < -0.3 is 0 Å². The predicted octanol–water partition coefficient (Wildman–Crippen LogP) is 10.7. The summed E-state index contributed by atoms with van der Waals surface area (Å²) < 4.78 is 2.60. The number of benzene rings is 6. The molecule has 4 heteroatoms. The van der Waals surface area contributed by atoms with Gasteiger partial charge in [-0.2, -0.15) is 0 Å². The zero-order valence-electron chi connectivity index (χ0n) is 23.0. The van der Waals surface area contributed by atoms with Crippen LogP contribution in [-0.4, -0.2) is 15.0 Å². The van der Waals surface area contributed by atoms with Crippen LogP contribution in [0.5, 0.6) is 0 Å². The lowest BCUT2D eigenvalue weighted by Gasteiger charge is -2.17. The van der Waals surface area contributed by atoms with Gasteiger partial charge in [0.1, 0.15) is 0 Å². The number of rotatable bonds is 3. The Hall–Kier alpha value is -5.45. The molecule has 0 aliphatic carbocycles. The van der Waals surface area contributed by atoms with E-state index in [4.69, 9.17) is 15.0 Å².